The largest absolute Gasteiger partial charge is 0.355 e. The number of carbonyl (C=O) groups excluding carboxylic acids is 1. The van der Waals surface area contributed by atoms with Gasteiger partial charge in [-0.2, -0.15) is 0 Å². The van der Waals surface area contributed by atoms with E-state index in [0.717, 1.165) is 32.7 Å². The molecule has 0 saturated carbocycles. The molecule has 1 saturated heterocycles. The van der Waals surface area contributed by atoms with Crippen molar-refractivity contribution in [2.75, 3.05) is 46.3 Å². The van der Waals surface area contributed by atoms with E-state index < -0.39 is 0 Å². The number of carbonyl (C=O) groups is 1. The van der Waals surface area contributed by atoms with Crippen LogP contribution in [0.1, 0.15) is 12.5 Å². The van der Waals surface area contributed by atoms with E-state index >= 15 is 0 Å². The van der Waals surface area contributed by atoms with Crippen LogP contribution in [0, 0.1) is 11.7 Å². The number of nitrogens with one attached hydrogen (secondary N) is 1. The summed E-state index contributed by atoms with van der Waals surface area (Å²) in [7, 11) is 2.15. The van der Waals surface area contributed by atoms with Gasteiger partial charge in [0.05, 0.1) is 6.42 Å². The van der Waals surface area contributed by atoms with Gasteiger partial charge in [-0.1, -0.05) is 19.1 Å². The summed E-state index contributed by atoms with van der Waals surface area (Å²) in [6.45, 7) is 8.24. The molecule has 0 bridgehead atoms. The van der Waals surface area contributed by atoms with Crippen LogP contribution < -0.4 is 5.32 Å². The summed E-state index contributed by atoms with van der Waals surface area (Å²) < 4.78 is 13.1. The Bertz CT molecular complexity index is 487. The lowest BCUT2D eigenvalue weighted by Crippen LogP contribution is -2.47. The fourth-order valence-corrected chi connectivity index (χ4v) is 2.72. The second-order valence-electron chi connectivity index (χ2n) is 6.32. The van der Waals surface area contributed by atoms with Gasteiger partial charge in [-0.25, -0.2) is 4.39 Å². The molecule has 5 heteroatoms. The molecule has 0 aromatic heterocycles. The monoisotopic (exact) mass is 307 g/mol. The third-order valence-electron chi connectivity index (χ3n) is 4.07. The summed E-state index contributed by atoms with van der Waals surface area (Å²) in [4.78, 5) is 16.7. The number of piperazine rings is 1. The highest BCUT2D eigenvalue weighted by Gasteiger charge is 2.16. The molecule has 4 nitrogen and oxygen atoms in total. The van der Waals surface area contributed by atoms with Crippen LogP contribution in [0.3, 0.4) is 0 Å². The highest BCUT2D eigenvalue weighted by Crippen LogP contribution is 2.06. The SMILES string of the molecule is C[C@@H](CNC(=O)Cc1cccc(F)c1)CN1CCN(C)CC1. The Morgan fingerprint density at radius 3 is 2.73 bits per heavy atom. The first-order chi connectivity index (χ1) is 10.5. The van der Waals surface area contributed by atoms with Crippen molar-refractivity contribution in [2.45, 2.75) is 13.3 Å². The van der Waals surface area contributed by atoms with Crippen LogP contribution in [0.4, 0.5) is 4.39 Å². The third-order valence-corrected chi connectivity index (χ3v) is 4.07. The maximum absolute atomic E-state index is 13.1. The molecule has 1 aliphatic heterocycles. The lowest BCUT2D eigenvalue weighted by Gasteiger charge is -2.33. The zero-order valence-corrected chi connectivity index (χ0v) is 13.5. The zero-order valence-electron chi connectivity index (χ0n) is 13.5. The van der Waals surface area contributed by atoms with Crippen molar-refractivity contribution in [3.05, 3.63) is 35.6 Å². The molecule has 0 radical (unpaired) electrons. The fourth-order valence-electron chi connectivity index (χ4n) is 2.72. The molecule has 0 spiro atoms. The average Bonchev–Trinajstić information content (AvgIpc) is 2.48. The number of nitrogens with zero attached hydrogens (tertiary/aromatic N) is 2. The van der Waals surface area contributed by atoms with E-state index in [9.17, 15) is 9.18 Å². The van der Waals surface area contributed by atoms with Gasteiger partial charge < -0.3 is 15.1 Å². The molecule has 1 atom stereocenters. The minimum absolute atomic E-state index is 0.0455. The van der Waals surface area contributed by atoms with Gasteiger partial charge in [-0.3, -0.25) is 4.79 Å². The van der Waals surface area contributed by atoms with Crippen LogP contribution in [0.15, 0.2) is 24.3 Å². The molecule has 1 N–H and O–H groups in total. The smallest absolute Gasteiger partial charge is 0.224 e. The molecule has 1 aliphatic rings. The van der Waals surface area contributed by atoms with Crippen molar-refractivity contribution in [1.29, 1.82) is 0 Å². The van der Waals surface area contributed by atoms with E-state index in [1.165, 1.54) is 12.1 Å². The van der Waals surface area contributed by atoms with Gasteiger partial charge in [0.15, 0.2) is 0 Å². The van der Waals surface area contributed by atoms with Crippen molar-refractivity contribution >= 4 is 5.91 Å². The van der Waals surface area contributed by atoms with Crippen molar-refractivity contribution in [3.63, 3.8) is 0 Å². The van der Waals surface area contributed by atoms with E-state index in [1.54, 1.807) is 12.1 Å². The quantitative estimate of drug-likeness (QED) is 0.862. The van der Waals surface area contributed by atoms with Gasteiger partial charge in [-0.05, 0) is 30.7 Å². The molecule has 1 fully saturated rings. The van der Waals surface area contributed by atoms with Crippen molar-refractivity contribution in [1.82, 2.24) is 15.1 Å². The number of hydrogen-bond donors (Lipinski definition) is 1. The molecule has 22 heavy (non-hydrogen) atoms. The standard InChI is InChI=1S/C17H26FN3O/c1-14(13-21-8-6-20(2)7-9-21)12-19-17(22)11-15-4-3-5-16(18)10-15/h3-5,10,14H,6-9,11-13H2,1-2H3,(H,19,22)/t14-/m0/s1. The number of likely N-dealkylation sites (N-methyl/N-ethyl adjacent to an activating group) is 1. The lowest BCUT2D eigenvalue weighted by atomic mass is 10.1. The maximum atomic E-state index is 13.1. The van der Waals surface area contributed by atoms with Gasteiger partial charge in [-0.15, -0.1) is 0 Å². The van der Waals surface area contributed by atoms with E-state index in [1.807, 2.05) is 0 Å². The fraction of sp³-hybridized carbons (Fsp3) is 0.588. The van der Waals surface area contributed by atoms with E-state index in [2.05, 4.69) is 29.1 Å². The molecule has 1 aromatic rings. The first-order valence-corrected chi connectivity index (χ1v) is 7.95. The number of rotatable bonds is 6. The third kappa shape index (κ3) is 5.73. The molecular formula is C17H26FN3O. The molecule has 122 valence electrons. The summed E-state index contributed by atoms with van der Waals surface area (Å²) in [5.41, 5.74) is 0.712. The first-order valence-electron chi connectivity index (χ1n) is 7.95. The number of halogens is 1. The van der Waals surface area contributed by atoms with Gasteiger partial charge in [0.25, 0.3) is 0 Å². The van der Waals surface area contributed by atoms with Crippen LogP contribution in [0.25, 0.3) is 0 Å². The molecule has 0 aliphatic carbocycles. The number of benzene rings is 1. The van der Waals surface area contributed by atoms with Crippen LogP contribution >= 0.6 is 0 Å². The number of amides is 1. The molecule has 1 amide bonds. The van der Waals surface area contributed by atoms with Crippen molar-refractivity contribution < 1.29 is 9.18 Å². The summed E-state index contributed by atoms with van der Waals surface area (Å²) in [5.74, 6) is 0.0735. The predicted octanol–water partition coefficient (Wildman–Crippen LogP) is 1.37. The Balaban J connectivity index is 1.67. The van der Waals surface area contributed by atoms with E-state index in [0.29, 0.717) is 18.0 Å². The number of hydrogen-bond acceptors (Lipinski definition) is 3. The first kappa shape index (κ1) is 16.9. The van der Waals surface area contributed by atoms with Crippen molar-refractivity contribution in [2.24, 2.45) is 5.92 Å². The predicted molar refractivity (Wildman–Crippen MR) is 86.2 cm³/mol. The van der Waals surface area contributed by atoms with Gasteiger partial charge in [0.1, 0.15) is 5.82 Å². The second-order valence-corrected chi connectivity index (χ2v) is 6.32. The van der Waals surface area contributed by atoms with Crippen molar-refractivity contribution in [3.8, 4) is 0 Å². The second kappa shape index (κ2) is 8.25. The average molecular weight is 307 g/mol. The zero-order chi connectivity index (χ0) is 15.9. The Hall–Kier alpha value is -1.46. The summed E-state index contributed by atoms with van der Waals surface area (Å²) in [5, 5.41) is 2.95. The molecule has 1 heterocycles. The molecule has 2 rings (SSSR count). The van der Waals surface area contributed by atoms with Gasteiger partial charge in [0, 0.05) is 39.3 Å². The summed E-state index contributed by atoms with van der Waals surface area (Å²) in [6.07, 6.45) is 0.235. The van der Waals surface area contributed by atoms with E-state index in [4.69, 9.17) is 0 Å². The highest BCUT2D eigenvalue weighted by atomic mass is 19.1. The highest BCUT2D eigenvalue weighted by molar-refractivity contribution is 5.78. The normalized spacial score (nSPS) is 18.1. The van der Waals surface area contributed by atoms with Gasteiger partial charge >= 0.3 is 0 Å². The summed E-state index contributed by atoms with van der Waals surface area (Å²) in [6, 6.07) is 6.21. The Morgan fingerprint density at radius 1 is 1.32 bits per heavy atom. The Kier molecular flexibility index (Phi) is 6.34. The van der Waals surface area contributed by atoms with Crippen LogP contribution in [0.5, 0.6) is 0 Å². The van der Waals surface area contributed by atoms with Gasteiger partial charge in [0.2, 0.25) is 5.91 Å². The Morgan fingerprint density at radius 2 is 2.05 bits per heavy atom. The molecule has 0 unspecified atom stereocenters. The van der Waals surface area contributed by atoms with Crippen LogP contribution in [0.2, 0.25) is 0 Å². The molecule has 1 aromatic carbocycles. The minimum Gasteiger partial charge on any atom is -0.355 e. The van der Waals surface area contributed by atoms with Crippen LogP contribution in [-0.4, -0.2) is 62.0 Å². The van der Waals surface area contributed by atoms with E-state index in [-0.39, 0.29) is 18.1 Å². The lowest BCUT2D eigenvalue weighted by molar-refractivity contribution is -0.120. The minimum atomic E-state index is -0.297. The summed E-state index contributed by atoms with van der Waals surface area (Å²) >= 11 is 0. The van der Waals surface area contributed by atoms with Crippen LogP contribution in [-0.2, 0) is 11.2 Å². The Labute approximate surface area is 132 Å². The topological polar surface area (TPSA) is 35.6 Å². The maximum Gasteiger partial charge on any atom is 0.224 e. The molecular weight excluding hydrogens is 281 g/mol.